The summed E-state index contributed by atoms with van der Waals surface area (Å²) < 4.78 is 13.9. The monoisotopic (exact) mass is 332 g/mol. The van der Waals surface area contributed by atoms with Crippen LogP contribution in [-0.2, 0) is 11.3 Å². The zero-order valence-corrected chi connectivity index (χ0v) is 12.8. The van der Waals surface area contributed by atoms with Gasteiger partial charge in [0.1, 0.15) is 6.54 Å². The highest BCUT2D eigenvalue weighted by Crippen LogP contribution is 2.23. The minimum absolute atomic E-state index is 0.0468. The summed E-state index contributed by atoms with van der Waals surface area (Å²) in [5.74, 6) is -0.124. The molecule has 0 saturated heterocycles. The van der Waals surface area contributed by atoms with E-state index in [1.807, 2.05) is 18.2 Å². The van der Waals surface area contributed by atoms with E-state index in [-0.39, 0.29) is 13.1 Å². The molecule has 2 aromatic carbocycles. The molecule has 0 atom stereocenters. The molecule has 0 radical (unpaired) electrons. The molecule has 7 heteroatoms. The number of rotatable bonds is 5. The molecule has 0 aliphatic heterocycles. The van der Waals surface area contributed by atoms with Gasteiger partial charge in [-0.1, -0.05) is 41.9 Å². The van der Waals surface area contributed by atoms with Crippen LogP contribution in [0.2, 0.25) is 5.02 Å². The molecule has 3 rings (SSSR count). The average molecular weight is 333 g/mol. The highest BCUT2D eigenvalue weighted by Gasteiger charge is 2.13. The lowest BCUT2D eigenvalue weighted by molar-refractivity contribution is -0.122. The molecule has 1 amide bonds. The van der Waals surface area contributed by atoms with Crippen LogP contribution in [-0.4, -0.2) is 27.8 Å². The Hall–Kier alpha value is -2.44. The normalized spacial score (nSPS) is 11.1. The number of anilines is 1. The van der Waals surface area contributed by atoms with Gasteiger partial charge in [-0.25, -0.2) is 0 Å². The quantitative estimate of drug-likeness (QED) is 0.702. The van der Waals surface area contributed by atoms with Gasteiger partial charge >= 0.3 is 0 Å². The van der Waals surface area contributed by atoms with Crippen molar-refractivity contribution in [2.24, 2.45) is 0 Å². The largest absolute Gasteiger partial charge is 0.307 e. The third kappa shape index (κ3) is 3.85. The molecule has 3 aromatic rings. The lowest BCUT2D eigenvalue weighted by Crippen LogP contribution is -2.27. The number of carbonyl (C=O) groups is 1. The van der Waals surface area contributed by atoms with Crippen molar-refractivity contribution in [3.63, 3.8) is 0 Å². The minimum atomic E-state index is -0.480. The van der Waals surface area contributed by atoms with Gasteiger partial charge in [0.15, 0.2) is 5.82 Å². The molecule has 0 unspecified atom stereocenters. The summed E-state index contributed by atoms with van der Waals surface area (Å²) >= 11 is 5.89. The highest BCUT2D eigenvalue weighted by atomic mass is 35.5. The maximum atomic E-state index is 13.9. The van der Waals surface area contributed by atoms with E-state index in [0.717, 1.165) is 10.9 Å². The number of H-pyrrole nitrogens is 1. The summed E-state index contributed by atoms with van der Waals surface area (Å²) in [4.78, 5) is 11.9. The third-order valence-electron chi connectivity index (χ3n) is 3.29. The number of amides is 1. The van der Waals surface area contributed by atoms with E-state index in [1.165, 1.54) is 0 Å². The van der Waals surface area contributed by atoms with Crippen molar-refractivity contribution in [1.82, 2.24) is 15.3 Å². The van der Waals surface area contributed by atoms with E-state index in [1.54, 1.807) is 30.3 Å². The molecule has 1 aromatic heterocycles. The van der Waals surface area contributed by atoms with Crippen LogP contribution < -0.4 is 5.32 Å². The lowest BCUT2D eigenvalue weighted by atomic mass is 10.2. The standard InChI is InChI=1S/C16H14ClFN4O/c17-12-6-7-13-14(8-12)20-21-16(13)19-15(23)10-22(18)9-11-4-2-1-3-5-11/h1-8H,9-10H2,(H2,19,20,21,23). The minimum Gasteiger partial charge on any atom is -0.307 e. The molecule has 0 aliphatic carbocycles. The van der Waals surface area contributed by atoms with E-state index < -0.39 is 5.91 Å². The topological polar surface area (TPSA) is 61.0 Å². The number of aromatic amines is 1. The Morgan fingerprint density at radius 3 is 2.83 bits per heavy atom. The summed E-state index contributed by atoms with van der Waals surface area (Å²) in [6.45, 7) is -0.331. The smallest absolute Gasteiger partial charge is 0.242 e. The van der Waals surface area contributed by atoms with E-state index in [0.29, 0.717) is 21.5 Å². The fourth-order valence-electron chi connectivity index (χ4n) is 2.25. The van der Waals surface area contributed by atoms with Gasteiger partial charge in [-0.05, 0) is 23.8 Å². The van der Waals surface area contributed by atoms with Crippen LogP contribution >= 0.6 is 11.6 Å². The Balaban J connectivity index is 1.62. The molecule has 1 heterocycles. The van der Waals surface area contributed by atoms with Crippen molar-refractivity contribution in [2.45, 2.75) is 6.54 Å². The number of hydrogen-bond acceptors (Lipinski definition) is 3. The fraction of sp³-hybridized carbons (Fsp3) is 0.125. The number of nitrogens with zero attached hydrogens (tertiary/aromatic N) is 2. The van der Waals surface area contributed by atoms with Crippen LogP contribution in [0.1, 0.15) is 5.56 Å². The molecule has 0 bridgehead atoms. The molecule has 118 valence electrons. The first-order valence-electron chi connectivity index (χ1n) is 7.00. The maximum Gasteiger partial charge on any atom is 0.242 e. The van der Waals surface area contributed by atoms with Crippen molar-refractivity contribution >= 4 is 34.2 Å². The summed E-state index contributed by atoms with van der Waals surface area (Å²) in [6, 6.07) is 14.3. The Bertz CT molecular complexity index is 821. The van der Waals surface area contributed by atoms with Crippen molar-refractivity contribution in [2.75, 3.05) is 11.9 Å². The van der Waals surface area contributed by atoms with Gasteiger partial charge in [-0.15, -0.1) is 9.60 Å². The van der Waals surface area contributed by atoms with Crippen molar-refractivity contribution < 1.29 is 9.28 Å². The molecular formula is C16H14ClFN4O. The lowest BCUT2D eigenvalue weighted by Gasteiger charge is -2.11. The van der Waals surface area contributed by atoms with Gasteiger partial charge < -0.3 is 5.32 Å². The molecule has 0 spiro atoms. The number of hydrogen-bond donors (Lipinski definition) is 2. The van der Waals surface area contributed by atoms with E-state index >= 15 is 0 Å². The van der Waals surface area contributed by atoms with Crippen LogP contribution in [0.3, 0.4) is 0 Å². The predicted octanol–water partition coefficient (Wildman–Crippen LogP) is 3.54. The molecule has 0 aliphatic rings. The van der Waals surface area contributed by atoms with Crippen LogP contribution in [0, 0.1) is 0 Å². The fourth-order valence-corrected chi connectivity index (χ4v) is 2.42. The second-order valence-electron chi connectivity index (χ2n) is 5.07. The van der Waals surface area contributed by atoms with Crippen molar-refractivity contribution in [3.8, 4) is 0 Å². The molecule has 0 saturated carbocycles. The van der Waals surface area contributed by atoms with E-state index in [9.17, 15) is 9.28 Å². The number of benzene rings is 2. The van der Waals surface area contributed by atoms with Gasteiger partial charge in [0.2, 0.25) is 5.91 Å². The molecule has 0 fully saturated rings. The van der Waals surface area contributed by atoms with Crippen LogP contribution in [0.5, 0.6) is 0 Å². The zero-order chi connectivity index (χ0) is 16.2. The number of fused-ring (bicyclic) bond motifs is 1. The number of nitrogens with one attached hydrogen (secondary N) is 2. The van der Waals surface area contributed by atoms with Gasteiger partial charge in [-0.3, -0.25) is 9.89 Å². The summed E-state index contributed by atoms with van der Waals surface area (Å²) in [5, 5.41) is 11.1. The van der Waals surface area contributed by atoms with Crippen LogP contribution in [0.4, 0.5) is 10.3 Å². The molecule has 2 N–H and O–H groups in total. The highest BCUT2D eigenvalue weighted by molar-refractivity contribution is 6.31. The third-order valence-corrected chi connectivity index (χ3v) is 3.53. The Kier molecular flexibility index (Phi) is 4.55. The van der Waals surface area contributed by atoms with Crippen LogP contribution in [0.25, 0.3) is 10.9 Å². The van der Waals surface area contributed by atoms with E-state index in [4.69, 9.17) is 11.6 Å². The zero-order valence-electron chi connectivity index (χ0n) is 12.1. The first-order valence-corrected chi connectivity index (χ1v) is 7.38. The van der Waals surface area contributed by atoms with Gasteiger partial charge in [-0.2, -0.15) is 5.10 Å². The average Bonchev–Trinajstić information content (AvgIpc) is 2.90. The number of aromatic nitrogens is 2. The maximum absolute atomic E-state index is 13.9. The van der Waals surface area contributed by atoms with Gasteiger partial charge in [0.25, 0.3) is 0 Å². The summed E-state index contributed by atoms with van der Waals surface area (Å²) in [7, 11) is 0. The first kappa shape index (κ1) is 15.5. The summed E-state index contributed by atoms with van der Waals surface area (Å²) in [5.41, 5.74) is 1.50. The molecule has 23 heavy (non-hydrogen) atoms. The van der Waals surface area contributed by atoms with Crippen molar-refractivity contribution in [1.29, 1.82) is 0 Å². The predicted molar refractivity (Wildman–Crippen MR) is 87.7 cm³/mol. The van der Waals surface area contributed by atoms with Crippen molar-refractivity contribution in [3.05, 3.63) is 59.1 Å². The Morgan fingerprint density at radius 2 is 2.04 bits per heavy atom. The second kappa shape index (κ2) is 6.76. The first-order chi connectivity index (χ1) is 11.1. The SMILES string of the molecule is O=C(CN(F)Cc1ccccc1)Nc1n[nH]c2cc(Cl)ccc12. The summed E-state index contributed by atoms with van der Waals surface area (Å²) in [6.07, 6.45) is 0. The Labute approximate surface area is 137 Å². The molecule has 5 nitrogen and oxygen atoms in total. The Morgan fingerprint density at radius 1 is 1.26 bits per heavy atom. The second-order valence-corrected chi connectivity index (χ2v) is 5.51. The van der Waals surface area contributed by atoms with Gasteiger partial charge in [0.05, 0.1) is 12.1 Å². The number of halogens is 2. The molecular weight excluding hydrogens is 319 g/mol. The van der Waals surface area contributed by atoms with Crippen LogP contribution in [0.15, 0.2) is 48.5 Å². The number of carbonyl (C=O) groups excluding carboxylic acids is 1. The van der Waals surface area contributed by atoms with E-state index in [2.05, 4.69) is 15.5 Å². The van der Waals surface area contributed by atoms with Gasteiger partial charge in [0, 0.05) is 10.4 Å².